The molecule has 0 amide bonds. The van der Waals surface area contributed by atoms with Crippen LogP contribution < -0.4 is 15.4 Å². The summed E-state index contributed by atoms with van der Waals surface area (Å²) >= 11 is 0. The number of tetrazole rings is 1. The third-order valence-electron chi connectivity index (χ3n) is 6.20. The van der Waals surface area contributed by atoms with E-state index in [1.54, 1.807) is 0 Å². The van der Waals surface area contributed by atoms with Crippen molar-refractivity contribution in [3.05, 3.63) is 51.6 Å². The Hall–Kier alpha value is -2.58. The molecule has 30 heavy (non-hydrogen) atoms. The molecule has 2 aromatic heterocycles. The van der Waals surface area contributed by atoms with Crippen LogP contribution in [0, 0.1) is 0 Å². The zero-order valence-electron chi connectivity index (χ0n) is 18.6. The van der Waals surface area contributed by atoms with E-state index in [4.69, 9.17) is 0 Å². The molecule has 3 aromatic rings. The lowest BCUT2D eigenvalue weighted by molar-refractivity contribution is -1.02. The molecule has 4 rings (SSSR count). The molecular weight excluding hydrogens is 378 g/mol. The summed E-state index contributed by atoms with van der Waals surface area (Å²) in [7, 11) is 2.22. The molecule has 8 heteroatoms. The van der Waals surface area contributed by atoms with Crippen LogP contribution in [0.25, 0.3) is 10.9 Å². The monoisotopic (exact) mass is 411 g/mol. The summed E-state index contributed by atoms with van der Waals surface area (Å²) in [5.41, 5.74) is 2.54. The first-order valence-corrected chi connectivity index (χ1v) is 10.9. The molecule has 0 aliphatic carbocycles. The lowest BCUT2D eigenvalue weighted by atomic mass is 10.00. The minimum absolute atomic E-state index is 0.0565. The van der Waals surface area contributed by atoms with Crippen LogP contribution in [0.2, 0.25) is 0 Å². The molecule has 0 bridgehead atoms. The van der Waals surface area contributed by atoms with Crippen LogP contribution in [-0.2, 0) is 12.0 Å². The molecule has 1 atom stereocenters. The molecule has 1 saturated heterocycles. The van der Waals surface area contributed by atoms with E-state index >= 15 is 0 Å². The van der Waals surface area contributed by atoms with Gasteiger partial charge in [-0.15, -0.1) is 5.10 Å². The maximum absolute atomic E-state index is 13.2. The van der Waals surface area contributed by atoms with Crippen molar-refractivity contribution in [2.75, 3.05) is 33.2 Å². The number of fused-ring (bicyclic) bond motifs is 1. The third-order valence-corrected chi connectivity index (χ3v) is 6.20. The van der Waals surface area contributed by atoms with Gasteiger partial charge in [0, 0.05) is 5.52 Å². The first-order valence-electron chi connectivity index (χ1n) is 10.9. The van der Waals surface area contributed by atoms with Crippen LogP contribution in [0.5, 0.6) is 0 Å². The van der Waals surface area contributed by atoms with Crippen molar-refractivity contribution in [1.82, 2.24) is 25.2 Å². The molecule has 0 spiro atoms. The van der Waals surface area contributed by atoms with Gasteiger partial charge in [-0.25, -0.2) is 4.68 Å². The summed E-state index contributed by atoms with van der Waals surface area (Å²) in [6.45, 7) is 12.5. The summed E-state index contributed by atoms with van der Waals surface area (Å²) in [6.07, 6.45) is 0.961. The standard InChI is InChI=1S/C22H31N7O/c1-6-15-7-8-18-16(13-15)14-17(21(30)23-18)19(28-11-9-27(5)10-12-28)20-24-25-26-29(20)22(2,3)4/h7-8,13-14,19H,6,9-12H2,1-5H3,(H,23,30)/p+2/t19-/m0/s1. The van der Waals surface area contributed by atoms with E-state index in [0.717, 1.165) is 54.9 Å². The molecule has 1 aliphatic heterocycles. The van der Waals surface area contributed by atoms with Gasteiger partial charge < -0.3 is 14.8 Å². The van der Waals surface area contributed by atoms with Crippen LogP contribution in [0.3, 0.4) is 0 Å². The molecule has 3 heterocycles. The zero-order valence-corrected chi connectivity index (χ0v) is 18.6. The van der Waals surface area contributed by atoms with E-state index in [1.807, 2.05) is 10.7 Å². The molecule has 1 aliphatic rings. The number of hydrogen-bond acceptors (Lipinski definition) is 4. The number of aromatic nitrogens is 5. The highest BCUT2D eigenvalue weighted by Crippen LogP contribution is 2.23. The van der Waals surface area contributed by atoms with Gasteiger partial charge in [-0.2, -0.15) is 0 Å². The van der Waals surface area contributed by atoms with Crippen molar-refractivity contribution in [3.8, 4) is 0 Å². The van der Waals surface area contributed by atoms with Gasteiger partial charge >= 0.3 is 0 Å². The van der Waals surface area contributed by atoms with Gasteiger partial charge in [0.2, 0.25) is 5.82 Å². The Kier molecular flexibility index (Phi) is 5.46. The van der Waals surface area contributed by atoms with Crippen molar-refractivity contribution in [2.24, 2.45) is 0 Å². The molecule has 0 radical (unpaired) electrons. The Morgan fingerprint density at radius 2 is 1.90 bits per heavy atom. The van der Waals surface area contributed by atoms with E-state index in [-0.39, 0.29) is 17.1 Å². The number of nitrogens with one attached hydrogen (secondary N) is 3. The van der Waals surface area contributed by atoms with Crippen LogP contribution in [-0.4, -0.2) is 58.4 Å². The second kappa shape index (κ2) is 7.92. The number of nitrogens with zero attached hydrogens (tertiary/aromatic N) is 4. The first-order chi connectivity index (χ1) is 14.3. The SMILES string of the molecule is CCc1ccc2[nH]c(=O)c([C@@H](c3nnnn3C(C)(C)C)[NH+]3CC[NH+](C)CC3)cc2c1. The summed E-state index contributed by atoms with van der Waals surface area (Å²) in [5.74, 6) is 0.758. The average Bonchev–Trinajstić information content (AvgIpc) is 3.19. The molecule has 8 nitrogen and oxygen atoms in total. The fourth-order valence-electron chi connectivity index (χ4n) is 4.39. The second-order valence-corrected chi connectivity index (χ2v) is 9.50. The molecule has 0 saturated carbocycles. The number of quaternary nitrogens is 2. The maximum Gasteiger partial charge on any atom is 0.258 e. The van der Waals surface area contributed by atoms with Gasteiger partial charge in [0.25, 0.3) is 5.56 Å². The molecule has 0 unspecified atom stereocenters. The van der Waals surface area contributed by atoms with E-state index < -0.39 is 0 Å². The fraction of sp³-hybridized carbons (Fsp3) is 0.545. The van der Waals surface area contributed by atoms with Gasteiger partial charge in [0.1, 0.15) is 26.2 Å². The normalized spacial score (nSPS) is 21.1. The number of aryl methyl sites for hydroxylation is 1. The Morgan fingerprint density at radius 1 is 1.17 bits per heavy atom. The Morgan fingerprint density at radius 3 is 2.57 bits per heavy atom. The number of pyridine rings is 1. The van der Waals surface area contributed by atoms with Crippen molar-refractivity contribution >= 4 is 10.9 Å². The van der Waals surface area contributed by atoms with Crippen LogP contribution in [0.1, 0.15) is 50.7 Å². The number of likely N-dealkylation sites (N-methyl/N-ethyl adjacent to an activating group) is 1. The highest BCUT2D eigenvalue weighted by molar-refractivity contribution is 5.79. The Balaban J connectivity index is 1.89. The van der Waals surface area contributed by atoms with Crippen molar-refractivity contribution in [2.45, 2.75) is 45.7 Å². The van der Waals surface area contributed by atoms with E-state index in [0.29, 0.717) is 0 Å². The number of benzene rings is 1. The summed E-state index contributed by atoms with van der Waals surface area (Å²) < 4.78 is 1.88. The minimum Gasteiger partial charge on any atom is -0.328 e. The molecule has 3 N–H and O–H groups in total. The zero-order chi connectivity index (χ0) is 21.5. The van der Waals surface area contributed by atoms with Crippen molar-refractivity contribution in [3.63, 3.8) is 0 Å². The number of rotatable bonds is 4. The van der Waals surface area contributed by atoms with Gasteiger partial charge in [-0.3, -0.25) is 4.79 Å². The lowest BCUT2D eigenvalue weighted by Gasteiger charge is -2.33. The number of aromatic amines is 1. The lowest BCUT2D eigenvalue weighted by Crippen LogP contribution is -3.27. The molecule has 160 valence electrons. The van der Waals surface area contributed by atoms with E-state index in [2.05, 4.69) is 73.5 Å². The average molecular weight is 412 g/mol. The highest BCUT2D eigenvalue weighted by Gasteiger charge is 2.38. The maximum atomic E-state index is 13.2. The number of piperazine rings is 1. The van der Waals surface area contributed by atoms with Crippen molar-refractivity contribution in [1.29, 1.82) is 0 Å². The predicted octanol–water partition coefficient (Wildman–Crippen LogP) is -0.665. The fourth-order valence-corrected chi connectivity index (χ4v) is 4.39. The smallest absolute Gasteiger partial charge is 0.258 e. The quantitative estimate of drug-likeness (QED) is 0.532. The second-order valence-electron chi connectivity index (χ2n) is 9.50. The van der Waals surface area contributed by atoms with Gasteiger partial charge in [-0.05, 0) is 66.8 Å². The van der Waals surface area contributed by atoms with Crippen LogP contribution in [0.4, 0.5) is 0 Å². The largest absolute Gasteiger partial charge is 0.328 e. The Bertz CT molecular complexity index is 1090. The third kappa shape index (κ3) is 3.89. The minimum atomic E-state index is -0.270. The van der Waals surface area contributed by atoms with E-state index in [1.165, 1.54) is 15.4 Å². The topological polar surface area (TPSA) is 85.3 Å². The predicted molar refractivity (Wildman–Crippen MR) is 116 cm³/mol. The van der Waals surface area contributed by atoms with Crippen LogP contribution in [0.15, 0.2) is 29.1 Å². The summed E-state index contributed by atoms with van der Waals surface area (Å²) in [5, 5.41) is 13.8. The summed E-state index contributed by atoms with van der Waals surface area (Å²) in [4.78, 5) is 19.2. The Labute approximate surface area is 176 Å². The van der Waals surface area contributed by atoms with Crippen LogP contribution >= 0.6 is 0 Å². The van der Waals surface area contributed by atoms with Gasteiger partial charge in [0.15, 0.2) is 6.04 Å². The molecular formula is C22H33N7O+2. The molecule has 1 fully saturated rings. The van der Waals surface area contributed by atoms with Crippen molar-refractivity contribution < 1.29 is 9.80 Å². The van der Waals surface area contributed by atoms with E-state index in [9.17, 15) is 4.79 Å². The first kappa shape index (κ1) is 20.7. The van der Waals surface area contributed by atoms with Gasteiger partial charge in [-0.1, -0.05) is 13.0 Å². The number of hydrogen-bond donors (Lipinski definition) is 3. The van der Waals surface area contributed by atoms with Gasteiger partial charge in [0.05, 0.1) is 18.2 Å². The highest BCUT2D eigenvalue weighted by atomic mass is 16.1. The summed E-state index contributed by atoms with van der Waals surface area (Å²) in [6, 6.07) is 8.09. The number of H-pyrrole nitrogens is 1. The molecule has 1 aromatic carbocycles.